The summed E-state index contributed by atoms with van der Waals surface area (Å²) in [6.07, 6.45) is 6.34. The molecule has 1 unspecified atom stereocenters. The van der Waals surface area contributed by atoms with Crippen molar-refractivity contribution in [2.45, 2.75) is 50.4 Å². The van der Waals surface area contributed by atoms with Crippen molar-refractivity contribution in [3.63, 3.8) is 0 Å². The van der Waals surface area contributed by atoms with Crippen molar-refractivity contribution in [1.82, 2.24) is 45.4 Å². The third-order valence-electron chi connectivity index (χ3n) is 10.1. The molecule has 4 atom stereocenters. The van der Waals surface area contributed by atoms with Gasteiger partial charge in [-0.2, -0.15) is 0 Å². The first kappa shape index (κ1) is 38.9. The lowest BCUT2D eigenvalue weighted by molar-refractivity contribution is -0.151. The van der Waals surface area contributed by atoms with Crippen LogP contribution in [-0.4, -0.2) is 72.5 Å². The number of nitrogens with one attached hydrogen (secondary N) is 4. The van der Waals surface area contributed by atoms with E-state index >= 15 is 0 Å². The van der Waals surface area contributed by atoms with Gasteiger partial charge in [-0.3, -0.25) is 19.6 Å². The fourth-order valence-electron chi connectivity index (χ4n) is 7.02. The highest BCUT2D eigenvalue weighted by atomic mass is 16.6. The summed E-state index contributed by atoms with van der Waals surface area (Å²) < 4.78 is 10.2. The molecule has 4 heterocycles. The minimum Gasteiger partial charge on any atom is -0.453 e. The molecule has 0 spiro atoms. The van der Waals surface area contributed by atoms with Crippen LogP contribution in [0, 0.1) is 0 Å². The second-order valence-electron chi connectivity index (χ2n) is 13.9. The maximum Gasteiger partial charge on any atom is 0.407 e. The third kappa shape index (κ3) is 8.26. The van der Waals surface area contributed by atoms with E-state index in [9.17, 15) is 19.2 Å². The number of benzene rings is 3. The first-order valence-corrected chi connectivity index (χ1v) is 18.6. The Bertz CT molecular complexity index is 2380. The van der Waals surface area contributed by atoms with Crippen LogP contribution in [0.1, 0.15) is 67.6 Å². The molecule has 58 heavy (non-hydrogen) atoms. The second-order valence-corrected chi connectivity index (χ2v) is 13.9. The lowest BCUT2D eigenvalue weighted by Gasteiger charge is -2.34. The second kappa shape index (κ2) is 16.8. The molecule has 1 fully saturated rings. The van der Waals surface area contributed by atoms with Gasteiger partial charge < -0.3 is 40.7 Å². The zero-order valence-corrected chi connectivity index (χ0v) is 32.0. The number of hydrogen-bond donors (Lipinski definition) is 5. The number of aromatic amines is 2. The van der Waals surface area contributed by atoms with Gasteiger partial charge in [0.1, 0.15) is 23.4 Å². The highest BCUT2D eigenvalue weighted by molar-refractivity contribution is 5.89. The van der Waals surface area contributed by atoms with Gasteiger partial charge >= 0.3 is 12.2 Å². The highest BCUT2D eigenvalue weighted by Crippen LogP contribution is 2.37. The van der Waals surface area contributed by atoms with E-state index < -0.39 is 35.8 Å². The van der Waals surface area contributed by atoms with Crippen molar-refractivity contribution < 1.29 is 28.7 Å². The molecule has 1 aliphatic heterocycles. The van der Waals surface area contributed by atoms with Crippen LogP contribution >= 0.6 is 0 Å². The molecule has 296 valence electrons. The Balaban J connectivity index is 0.999. The summed E-state index contributed by atoms with van der Waals surface area (Å²) in [6.45, 7) is 3.81. The van der Waals surface area contributed by atoms with Crippen LogP contribution in [0.25, 0.3) is 33.9 Å². The van der Waals surface area contributed by atoms with Gasteiger partial charge in [0.15, 0.2) is 0 Å². The van der Waals surface area contributed by atoms with Gasteiger partial charge in [-0.25, -0.2) is 19.6 Å². The lowest BCUT2D eigenvalue weighted by Crippen LogP contribution is -2.48. The minimum atomic E-state index is -1.61. The van der Waals surface area contributed by atoms with Gasteiger partial charge in [-0.15, -0.1) is 0 Å². The Hall–Kier alpha value is -7.36. The van der Waals surface area contributed by atoms with E-state index in [-0.39, 0.29) is 11.9 Å². The molecule has 7 rings (SSSR count). The van der Waals surface area contributed by atoms with Gasteiger partial charge in [-0.1, -0.05) is 84.9 Å². The summed E-state index contributed by atoms with van der Waals surface area (Å²) >= 11 is 0. The molecular formula is C42H42N10O6. The minimum absolute atomic E-state index is 0.373. The van der Waals surface area contributed by atoms with E-state index in [4.69, 9.17) is 15.2 Å². The van der Waals surface area contributed by atoms with Crippen LogP contribution < -0.4 is 16.4 Å². The molecule has 1 saturated heterocycles. The first-order valence-electron chi connectivity index (χ1n) is 18.6. The van der Waals surface area contributed by atoms with Crippen molar-refractivity contribution >= 4 is 24.0 Å². The normalized spacial score (nSPS) is 15.8. The number of alkyl carbamates (subject to hydrolysis) is 1. The first-order chi connectivity index (χ1) is 28.0. The molecule has 3 aromatic carbocycles. The molecule has 0 radical (unpaired) electrons. The Morgan fingerprint density at radius 2 is 1.47 bits per heavy atom. The Morgan fingerprint density at radius 1 is 0.810 bits per heavy atom. The summed E-state index contributed by atoms with van der Waals surface area (Å²) in [5.74, 6) is 0.320. The lowest BCUT2D eigenvalue weighted by atomic mass is 9.93. The topological polar surface area (TPSA) is 223 Å². The fourth-order valence-corrected chi connectivity index (χ4v) is 7.02. The van der Waals surface area contributed by atoms with Crippen molar-refractivity contribution in [3.8, 4) is 33.9 Å². The van der Waals surface area contributed by atoms with Crippen LogP contribution in [0.15, 0.2) is 110 Å². The van der Waals surface area contributed by atoms with Crippen LogP contribution in [0.5, 0.6) is 0 Å². The Kier molecular flexibility index (Phi) is 11.3. The number of carbonyl (C=O) groups is 4. The number of aromatic nitrogens is 6. The van der Waals surface area contributed by atoms with Crippen LogP contribution in [0.3, 0.4) is 0 Å². The highest BCUT2D eigenvalue weighted by Gasteiger charge is 2.46. The van der Waals surface area contributed by atoms with E-state index in [0.717, 1.165) is 23.2 Å². The van der Waals surface area contributed by atoms with E-state index in [1.54, 1.807) is 92.1 Å². The maximum atomic E-state index is 14.0. The Morgan fingerprint density at radius 3 is 2.14 bits per heavy atom. The number of ether oxygens (including phenoxy) is 2. The summed E-state index contributed by atoms with van der Waals surface area (Å²) in [6, 6.07) is 23.6. The fraction of sp³-hybridized carbons (Fsp3) is 0.238. The van der Waals surface area contributed by atoms with Crippen LogP contribution in [0.2, 0.25) is 0 Å². The third-order valence-corrected chi connectivity index (χ3v) is 10.1. The predicted octanol–water partition coefficient (Wildman–Crippen LogP) is 5.87. The average Bonchev–Trinajstić information content (AvgIpc) is 4.05. The van der Waals surface area contributed by atoms with E-state index in [0.29, 0.717) is 52.8 Å². The van der Waals surface area contributed by atoms with Crippen molar-refractivity contribution in [2.24, 2.45) is 5.73 Å². The molecule has 4 amide bonds. The van der Waals surface area contributed by atoms with E-state index in [1.165, 1.54) is 7.11 Å². The summed E-state index contributed by atoms with van der Waals surface area (Å²) in [5.41, 5.74) is 9.26. The van der Waals surface area contributed by atoms with Gasteiger partial charge in [-0.05, 0) is 37.8 Å². The number of nitrogens with zero attached hydrogens (tertiary/aromatic N) is 5. The standard InChI is InChI=1S/C42H42N10O6/c1-25(48-38(53)35(51-41(56)57-3)28-11-6-4-7-12-28)36-46-22-31(49-36)27-18-16-26(17-19-27)30-21-45-32(23-44-30)33-24-47-37(50-33)34-15-10-20-52(34)39(54)42(2,58-40(43)55)29-13-8-5-9-14-29/h4-9,11-14,16-19,21-25,34-35H,10,15,20H2,1-3H3,(H2,43,55)(H,46,49)(H,47,50)(H,48,53)(H,51,56)/t25-,34+,35-,42?/m1/s1. The zero-order chi connectivity index (χ0) is 40.8. The molecule has 6 aromatic rings. The molecule has 6 N–H and O–H groups in total. The number of carbonyl (C=O) groups excluding carboxylic acids is 4. The van der Waals surface area contributed by atoms with Gasteiger partial charge in [0.05, 0.1) is 61.1 Å². The molecule has 3 aromatic heterocycles. The number of primary amides is 1. The summed E-state index contributed by atoms with van der Waals surface area (Å²) in [4.78, 5) is 77.8. The number of likely N-dealkylation sites (tertiary alicyclic amines) is 1. The number of nitrogens with two attached hydrogens (primary N) is 1. The largest absolute Gasteiger partial charge is 0.453 e. The molecule has 1 aliphatic rings. The number of rotatable bonds is 12. The maximum absolute atomic E-state index is 14.0. The van der Waals surface area contributed by atoms with E-state index in [1.807, 2.05) is 36.4 Å². The molecule has 16 nitrogen and oxygen atoms in total. The molecule has 16 heteroatoms. The number of methoxy groups -OCH3 is 1. The summed E-state index contributed by atoms with van der Waals surface area (Å²) in [7, 11) is 1.24. The monoisotopic (exact) mass is 782 g/mol. The van der Waals surface area contributed by atoms with Crippen molar-refractivity contribution in [2.75, 3.05) is 13.7 Å². The molecular weight excluding hydrogens is 741 g/mol. The summed E-state index contributed by atoms with van der Waals surface area (Å²) in [5, 5.41) is 5.50. The smallest absolute Gasteiger partial charge is 0.407 e. The van der Waals surface area contributed by atoms with Gasteiger partial charge in [0, 0.05) is 17.7 Å². The van der Waals surface area contributed by atoms with Crippen LogP contribution in [-0.2, 0) is 24.7 Å². The number of imidazole rings is 2. The van der Waals surface area contributed by atoms with E-state index in [2.05, 4.69) is 40.5 Å². The van der Waals surface area contributed by atoms with Crippen molar-refractivity contribution in [3.05, 3.63) is 132 Å². The van der Waals surface area contributed by atoms with Crippen LogP contribution in [0.4, 0.5) is 9.59 Å². The number of H-pyrrole nitrogens is 2. The number of amides is 4. The molecule has 0 aliphatic carbocycles. The van der Waals surface area contributed by atoms with Gasteiger partial charge in [0.2, 0.25) is 11.5 Å². The average molecular weight is 783 g/mol. The SMILES string of the molecule is COC(=O)N[C@@H](C(=O)N[C@H](C)c1ncc(-c2ccc(-c3cnc(-c4cnc([C@@H]5CCCN5C(=O)C(C)(OC(N)=O)c5ccccc5)[nH]4)cn3)cc2)[nH]1)c1ccccc1. The predicted molar refractivity (Wildman–Crippen MR) is 212 cm³/mol. The molecule has 0 bridgehead atoms. The quantitative estimate of drug-likeness (QED) is 0.0993. The Labute approximate surface area is 333 Å². The molecule has 0 saturated carbocycles. The van der Waals surface area contributed by atoms with Gasteiger partial charge in [0.25, 0.3) is 5.91 Å². The number of hydrogen-bond acceptors (Lipinski definition) is 10. The zero-order valence-electron chi connectivity index (χ0n) is 32.0. The van der Waals surface area contributed by atoms with Crippen molar-refractivity contribution in [1.29, 1.82) is 0 Å².